The number of esters is 1. The highest BCUT2D eigenvalue weighted by Gasteiger charge is 2.09. The third-order valence-electron chi connectivity index (χ3n) is 1.96. The maximum atomic E-state index is 11.0. The molecule has 0 aliphatic heterocycles. The summed E-state index contributed by atoms with van der Waals surface area (Å²) in [5.74, 6) is -0.242. The van der Waals surface area contributed by atoms with E-state index >= 15 is 0 Å². The largest absolute Gasteiger partial charge is 0.469 e. The van der Waals surface area contributed by atoms with Crippen LogP contribution in [0.2, 0.25) is 0 Å². The van der Waals surface area contributed by atoms with Crippen LogP contribution in [0.3, 0.4) is 0 Å². The third-order valence-corrected chi connectivity index (χ3v) is 2.57. The van der Waals surface area contributed by atoms with Crippen LogP contribution < -0.4 is 0 Å². The lowest BCUT2D eigenvalue weighted by molar-refractivity contribution is -0.141. The van der Waals surface area contributed by atoms with Crippen molar-refractivity contribution in [2.45, 2.75) is 6.42 Å². The second-order valence-corrected chi connectivity index (χ2v) is 3.85. The van der Waals surface area contributed by atoms with Crippen LogP contribution in [0.25, 0.3) is 0 Å². The molecule has 0 radical (unpaired) electrons. The Balaban J connectivity index is 4.04. The monoisotopic (exact) mass is 269 g/mol. The first-order chi connectivity index (χ1) is 7.63. The molecule has 4 nitrogen and oxygen atoms in total. The van der Waals surface area contributed by atoms with Gasteiger partial charge < -0.3 is 9.47 Å². The Kier molecular flexibility index (Phi) is 9.72. The Bertz CT molecular complexity index is 234. The van der Waals surface area contributed by atoms with Gasteiger partial charge in [-0.2, -0.15) is 0 Å². The number of methoxy groups -OCH3 is 2. The predicted molar refractivity (Wildman–Crippen MR) is 64.7 cm³/mol. The van der Waals surface area contributed by atoms with Crippen LogP contribution in [0.1, 0.15) is 6.42 Å². The second-order valence-electron chi connectivity index (χ2n) is 3.15. The number of nitrogens with zero attached hydrogens (tertiary/aromatic N) is 1. The van der Waals surface area contributed by atoms with Crippen LogP contribution in [-0.2, 0) is 14.3 Å². The molecule has 0 fully saturated rings. The summed E-state index contributed by atoms with van der Waals surface area (Å²) in [5.41, 5.74) is 1.32. The van der Waals surface area contributed by atoms with Gasteiger partial charge in [0.2, 0.25) is 0 Å². The summed E-state index contributed by atoms with van der Waals surface area (Å²) in [6.45, 7) is 2.34. The number of hydrogen-bond acceptors (Lipinski definition) is 4. The van der Waals surface area contributed by atoms with Crippen molar-refractivity contribution in [3.8, 4) is 0 Å². The summed E-state index contributed by atoms with van der Waals surface area (Å²) >= 11 is 11.3. The Morgan fingerprint density at radius 3 is 2.56 bits per heavy atom. The summed E-state index contributed by atoms with van der Waals surface area (Å²) < 4.78 is 9.53. The molecule has 0 N–H and O–H groups in total. The average molecular weight is 270 g/mol. The van der Waals surface area contributed by atoms with E-state index in [0.717, 1.165) is 0 Å². The predicted octanol–water partition coefficient (Wildman–Crippen LogP) is 1.82. The molecule has 0 aromatic rings. The lowest BCUT2D eigenvalue weighted by Gasteiger charge is -2.20. The zero-order valence-electron chi connectivity index (χ0n) is 9.54. The van der Waals surface area contributed by atoms with Crippen molar-refractivity contribution < 1.29 is 14.3 Å². The quantitative estimate of drug-likeness (QED) is 0.631. The van der Waals surface area contributed by atoms with Gasteiger partial charge in [-0.05, 0) is 0 Å². The minimum atomic E-state index is -0.242. The molecule has 0 aliphatic carbocycles. The molecule has 0 rings (SSSR count). The zero-order valence-corrected chi connectivity index (χ0v) is 11.1. The average Bonchev–Trinajstić information content (AvgIpc) is 2.31. The van der Waals surface area contributed by atoms with E-state index in [1.807, 2.05) is 4.90 Å². The molecule has 0 aliphatic rings. The van der Waals surface area contributed by atoms with E-state index in [4.69, 9.17) is 27.9 Å². The molecule has 0 spiro atoms. The first-order valence-corrected chi connectivity index (χ1v) is 5.68. The minimum absolute atomic E-state index is 0.242. The van der Waals surface area contributed by atoms with Gasteiger partial charge >= 0.3 is 5.97 Å². The smallest absolute Gasteiger partial charge is 0.306 e. The van der Waals surface area contributed by atoms with Gasteiger partial charge in [-0.15, -0.1) is 0 Å². The highest BCUT2D eigenvalue weighted by atomic mass is 35.5. The molecule has 0 amide bonds. The fourth-order valence-electron chi connectivity index (χ4n) is 1.09. The molecule has 0 atom stereocenters. The molecule has 0 aromatic heterocycles. The normalized spacial score (nSPS) is 11.9. The summed E-state index contributed by atoms with van der Waals surface area (Å²) in [6.07, 6.45) is 0.326. The second kappa shape index (κ2) is 9.90. The fraction of sp³-hybridized carbons (Fsp3) is 0.700. The molecule has 0 unspecified atom stereocenters. The van der Waals surface area contributed by atoms with Gasteiger partial charge in [-0.3, -0.25) is 9.69 Å². The number of hydrogen-bond donors (Lipinski definition) is 0. The van der Waals surface area contributed by atoms with Gasteiger partial charge in [0.1, 0.15) is 0 Å². The lowest BCUT2D eigenvalue weighted by atomic mass is 10.3. The van der Waals surface area contributed by atoms with Crippen molar-refractivity contribution in [1.29, 1.82) is 0 Å². The van der Waals surface area contributed by atoms with E-state index in [0.29, 0.717) is 37.7 Å². The Morgan fingerprint density at radius 1 is 1.38 bits per heavy atom. The topological polar surface area (TPSA) is 38.8 Å². The Labute approximate surface area is 106 Å². The van der Waals surface area contributed by atoms with Crippen LogP contribution in [0.15, 0.2) is 10.6 Å². The molecule has 0 saturated heterocycles. The third kappa shape index (κ3) is 7.93. The van der Waals surface area contributed by atoms with Crippen molar-refractivity contribution in [3.63, 3.8) is 0 Å². The van der Waals surface area contributed by atoms with Crippen molar-refractivity contribution in [3.05, 3.63) is 10.6 Å². The molecule has 0 aromatic carbocycles. The fourth-order valence-corrected chi connectivity index (χ4v) is 1.33. The molecule has 0 heterocycles. The highest BCUT2D eigenvalue weighted by Crippen LogP contribution is 2.07. The van der Waals surface area contributed by atoms with E-state index in [1.54, 1.807) is 7.11 Å². The minimum Gasteiger partial charge on any atom is -0.469 e. The molecular weight excluding hydrogens is 253 g/mol. The van der Waals surface area contributed by atoms with Gasteiger partial charge in [0.15, 0.2) is 0 Å². The molecule has 0 saturated carbocycles. The molecule has 0 bridgehead atoms. The summed E-state index contributed by atoms with van der Waals surface area (Å²) in [6, 6.07) is 0. The van der Waals surface area contributed by atoms with Gasteiger partial charge in [-0.1, -0.05) is 23.2 Å². The van der Waals surface area contributed by atoms with E-state index in [-0.39, 0.29) is 5.97 Å². The van der Waals surface area contributed by atoms with Crippen LogP contribution in [-0.4, -0.2) is 51.3 Å². The van der Waals surface area contributed by atoms with Crippen molar-refractivity contribution in [2.24, 2.45) is 0 Å². The van der Waals surface area contributed by atoms with Gasteiger partial charge in [0, 0.05) is 37.3 Å². The number of carbonyl (C=O) groups excluding carboxylic acids is 1. The standard InChI is InChI=1S/C10H17Cl2NO3/c1-15-6-5-13(8-9(12)7-11)4-3-10(14)16-2/h7H,3-6,8H2,1-2H3. The molecule has 94 valence electrons. The summed E-state index contributed by atoms with van der Waals surface area (Å²) in [7, 11) is 2.99. The Morgan fingerprint density at radius 2 is 2.06 bits per heavy atom. The van der Waals surface area contributed by atoms with E-state index in [9.17, 15) is 4.79 Å². The summed E-state index contributed by atoms with van der Waals surface area (Å²) in [4.78, 5) is 13.0. The van der Waals surface area contributed by atoms with Crippen LogP contribution >= 0.6 is 23.2 Å². The number of carbonyl (C=O) groups is 1. The molecular formula is C10H17Cl2NO3. The highest BCUT2D eigenvalue weighted by molar-refractivity contribution is 6.36. The van der Waals surface area contributed by atoms with Crippen molar-refractivity contribution >= 4 is 29.2 Å². The maximum Gasteiger partial charge on any atom is 0.306 e. The van der Waals surface area contributed by atoms with Gasteiger partial charge in [0.05, 0.1) is 20.1 Å². The molecule has 6 heteroatoms. The Hall–Kier alpha value is -0.290. The van der Waals surface area contributed by atoms with Crippen LogP contribution in [0, 0.1) is 0 Å². The van der Waals surface area contributed by atoms with E-state index in [2.05, 4.69) is 4.74 Å². The number of ether oxygens (including phenoxy) is 2. The summed E-state index contributed by atoms with van der Waals surface area (Å²) in [5, 5.41) is 0.530. The first kappa shape index (κ1) is 15.7. The van der Waals surface area contributed by atoms with Crippen LogP contribution in [0.5, 0.6) is 0 Å². The van der Waals surface area contributed by atoms with Gasteiger partial charge in [-0.25, -0.2) is 0 Å². The van der Waals surface area contributed by atoms with Crippen LogP contribution in [0.4, 0.5) is 0 Å². The van der Waals surface area contributed by atoms with Crippen molar-refractivity contribution in [1.82, 2.24) is 4.90 Å². The molecule has 16 heavy (non-hydrogen) atoms. The van der Waals surface area contributed by atoms with E-state index in [1.165, 1.54) is 12.6 Å². The SMILES string of the molecule is COCCN(CCC(=O)OC)CC(Cl)=CCl. The van der Waals surface area contributed by atoms with E-state index < -0.39 is 0 Å². The zero-order chi connectivity index (χ0) is 12.4. The number of rotatable bonds is 8. The van der Waals surface area contributed by atoms with Gasteiger partial charge in [0.25, 0.3) is 0 Å². The first-order valence-electron chi connectivity index (χ1n) is 4.87. The van der Waals surface area contributed by atoms with Crippen molar-refractivity contribution in [2.75, 3.05) is 40.5 Å². The maximum absolute atomic E-state index is 11.0. The number of halogens is 2. The lowest BCUT2D eigenvalue weighted by Crippen LogP contribution is -2.31.